The third-order valence-corrected chi connectivity index (χ3v) is 3.46. The number of aromatic nitrogens is 2. The number of aryl methyl sites for hydroxylation is 1. The van der Waals surface area contributed by atoms with Crippen LogP contribution in [-0.4, -0.2) is 22.0 Å². The number of amides is 1. The Kier molecular flexibility index (Phi) is 4.94. The lowest BCUT2D eigenvalue weighted by Gasteiger charge is -2.03. The number of hydrogen-bond donors (Lipinski definition) is 2. The van der Waals surface area contributed by atoms with E-state index in [-0.39, 0.29) is 30.4 Å². The van der Waals surface area contributed by atoms with Crippen LogP contribution in [0, 0.1) is 6.92 Å². The lowest BCUT2D eigenvalue weighted by molar-refractivity contribution is 0.0466. The number of nitrogens with one attached hydrogen (secondary N) is 2. The largest absolute Gasteiger partial charge is 0.456 e. The van der Waals surface area contributed by atoms with E-state index < -0.39 is 5.97 Å². The van der Waals surface area contributed by atoms with E-state index in [1.807, 2.05) is 30.3 Å². The number of esters is 1. The van der Waals surface area contributed by atoms with Crippen LogP contribution >= 0.6 is 0 Å². The molecule has 25 heavy (non-hydrogen) atoms. The number of carbonyl (C=O) groups is 2. The second-order valence-electron chi connectivity index (χ2n) is 5.46. The van der Waals surface area contributed by atoms with Gasteiger partial charge in [0.25, 0.3) is 5.91 Å². The monoisotopic (exact) mass is 339 g/mol. The van der Waals surface area contributed by atoms with E-state index in [1.165, 1.54) is 12.1 Å². The molecule has 0 aliphatic carbocycles. The normalized spacial score (nSPS) is 10.4. The number of benzene rings is 1. The SMILES string of the molecule is Cc1cc(CNC(=O)c2ccc(C(=O)OCc3ccccc3)[nH]2)on1. The molecule has 0 fully saturated rings. The Labute approximate surface area is 144 Å². The molecule has 0 aliphatic rings. The summed E-state index contributed by atoms with van der Waals surface area (Å²) >= 11 is 0. The number of nitrogens with zero attached hydrogens (tertiary/aromatic N) is 1. The summed E-state index contributed by atoms with van der Waals surface area (Å²) in [5, 5.41) is 6.43. The van der Waals surface area contributed by atoms with Crippen molar-refractivity contribution in [1.29, 1.82) is 0 Å². The second-order valence-corrected chi connectivity index (χ2v) is 5.46. The molecule has 7 heteroatoms. The Bertz CT molecular complexity index is 867. The number of rotatable bonds is 6. The zero-order valence-corrected chi connectivity index (χ0v) is 13.6. The summed E-state index contributed by atoms with van der Waals surface area (Å²) in [6.07, 6.45) is 0. The van der Waals surface area contributed by atoms with E-state index >= 15 is 0 Å². The predicted molar refractivity (Wildman–Crippen MR) is 88.8 cm³/mol. The average Bonchev–Trinajstić information content (AvgIpc) is 3.28. The molecule has 0 aliphatic heterocycles. The highest BCUT2D eigenvalue weighted by Crippen LogP contribution is 2.08. The fourth-order valence-electron chi connectivity index (χ4n) is 2.21. The summed E-state index contributed by atoms with van der Waals surface area (Å²) in [5.74, 6) is -0.315. The summed E-state index contributed by atoms with van der Waals surface area (Å²) in [4.78, 5) is 26.9. The fraction of sp³-hybridized carbons (Fsp3) is 0.167. The molecule has 2 aromatic heterocycles. The van der Waals surface area contributed by atoms with E-state index in [1.54, 1.807) is 13.0 Å². The molecule has 128 valence electrons. The van der Waals surface area contributed by atoms with Crippen LogP contribution in [0.3, 0.4) is 0 Å². The second kappa shape index (κ2) is 7.48. The van der Waals surface area contributed by atoms with Gasteiger partial charge in [-0.15, -0.1) is 0 Å². The topological polar surface area (TPSA) is 97.2 Å². The summed E-state index contributed by atoms with van der Waals surface area (Å²) in [6.45, 7) is 2.19. The van der Waals surface area contributed by atoms with Gasteiger partial charge in [-0.3, -0.25) is 4.79 Å². The van der Waals surface area contributed by atoms with Gasteiger partial charge in [0.1, 0.15) is 18.0 Å². The van der Waals surface area contributed by atoms with Gasteiger partial charge < -0.3 is 19.6 Å². The Hall–Kier alpha value is -3.35. The van der Waals surface area contributed by atoms with Crippen molar-refractivity contribution < 1.29 is 18.8 Å². The summed E-state index contributed by atoms with van der Waals surface area (Å²) in [6, 6.07) is 14.1. The molecule has 3 aromatic rings. The third kappa shape index (κ3) is 4.35. The minimum atomic E-state index is -0.520. The van der Waals surface area contributed by atoms with Gasteiger partial charge in [0.2, 0.25) is 0 Å². The quantitative estimate of drug-likeness (QED) is 0.673. The highest BCUT2D eigenvalue weighted by molar-refractivity contribution is 5.95. The first-order valence-electron chi connectivity index (χ1n) is 7.72. The van der Waals surface area contributed by atoms with Crippen LogP contribution in [0.1, 0.15) is 38.0 Å². The maximum absolute atomic E-state index is 12.1. The average molecular weight is 339 g/mol. The van der Waals surface area contributed by atoms with Crippen molar-refractivity contribution in [3.8, 4) is 0 Å². The molecular formula is C18H17N3O4. The van der Waals surface area contributed by atoms with Crippen LogP contribution in [0.25, 0.3) is 0 Å². The van der Waals surface area contributed by atoms with Crippen molar-refractivity contribution in [2.24, 2.45) is 0 Å². The van der Waals surface area contributed by atoms with E-state index in [4.69, 9.17) is 9.26 Å². The van der Waals surface area contributed by atoms with Gasteiger partial charge in [0.15, 0.2) is 5.76 Å². The summed E-state index contributed by atoms with van der Waals surface area (Å²) in [7, 11) is 0. The van der Waals surface area contributed by atoms with E-state index in [0.29, 0.717) is 5.76 Å². The van der Waals surface area contributed by atoms with Crippen LogP contribution in [0.4, 0.5) is 0 Å². The molecule has 1 amide bonds. The number of hydrogen-bond acceptors (Lipinski definition) is 5. The zero-order valence-electron chi connectivity index (χ0n) is 13.6. The van der Waals surface area contributed by atoms with Gasteiger partial charge >= 0.3 is 5.97 Å². The first-order chi connectivity index (χ1) is 12.1. The van der Waals surface area contributed by atoms with Crippen LogP contribution in [-0.2, 0) is 17.9 Å². The first kappa shape index (κ1) is 16.5. The molecule has 0 radical (unpaired) electrons. The maximum Gasteiger partial charge on any atom is 0.355 e. The first-order valence-corrected chi connectivity index (χ1v) is 7.72. The number of aromatic amines is 1. The zero-order chi connectivity index (χ0) is 17.6. The van der Waals surface area contributed by atoms with Gasteiger partial charge in [0.05, 0.1) is 12.2 Å². The van der Waals surface area contributed by atoms with Crippen LogP contribution < -0.4 is 5.32 Å². The lowest BCUT2D eigenvalue weighted by atomic mass is 10.2. The van der Waals surface area contributed by atoms with Gasteiger partial charge in [-0.25, -0.2) is 4.79 Å². The van der Waals surface area contributed by atoms with Crippen molar-refractivity contribution in [3.63, 3.8) is 0 Å². The molecule has 2 N–H and O–H groups in total. The highest BCUT2D eigenvalue weighted by atomic mass is 16.5. The minimum absolute atomic E-state index is 0.172. The fourth-order valence-corrected chi connectivity index (χ4v) is 2.21. The van der Waals surface area contributed by atoms with Gasteiger partial charge in [0, 0.05) is 6.07 Å². The lowest BCUT2D eigenvalue weighted by Crippen LogP contribution is -2.23. The Morgan fingerprint density at radius 2 is 1.92 bits per heavy atom. The third-order valence-electron chi connectivity index (χ3n) is 3.46. The highest BCUT2D eigenvalue weighted by Gasteiger charge is 2.14. The molecule has 0 bridgehead atoms. The number of H-pyrrole nitrogens is 1. The Morgan fingerprint density at radius 3 is 2.64 bits per heavy atom. The van der Waals surface area contributed by atoms with Crippen molar-refractivity contribution in [2.75, 3.05) is 0 Å². The Balaban J connectivity index is 1.53. The molecule has 0 saturated heterocycles. The molecule has 1 aromatic carbocycles. The molecule has 0 atom stereocenters. The van der Waals surface area contributed by atoms with Crippen LogP contribution in [0.2, 0.25) is 0 Å². The molecule has 0 spiro atoms. The summed E-state index contributed by atoms with van der Waals surface area (Å²) < 4.78 is 10.2. The van der Waals surface area contributed by atoms with Crippen molar-refractivity contribution in [1.82, 2.24) is 15.5 Å². The molecule has 2 heterocycles. The van der Waals surface area contributed by atoms with Gasteiger partial charge in [-0.05, 0) is 24.6 Å². The van der Waals surface area contributed by atoms with E-state index in [9.17, 15) is 9.59 Å². The van der Waals surface area contributed by atoms with Crippen molar-refractivity contribution >= 4 is 11.9 Å². The minimum Gasteiger partial charge on any atom is -0.456 e. The van der Waals surface area contributed by atoms with E-state index in [2.05, 4.69) is 15.5 Å². The predicted octanol–water partition coefficient (Wildman–Crippen LogP) is 2.60. The standard InChI is InChI=1S/C18H17N3O4/c1-12-9-14(25-21-12)10-19-17(22)15-7-8-16(20-15)18(23)24-11-13-5-3-2-4-6-13/h2-9,20H,10-11H2,1H3,(H,19,22). The van der Waals surface area contributed by atoms with Gasteiger partial charge in [-0.2, -0.15) is 0 Å². The van der Waals surface area contributed by atoms with Crippen molar-refractivity contribution in [2.45, 2.75) is 20.1 Å². The number of ether oxygens (including phenoxy) is 1. The smallest absolute Gasteiger partial charge is 0.355 e. The van der Waals surface area contributed by atoms with E-state index in [0.717, 1.165) is 11.3 Å². The maximum atomic E-state index is 12.1. The molecular weight excluding hydrogens is 322 g/mol. The molecule has 0 saturated carbocycles. The Morgan fingerprint density at radius 1 is 1.16 bits per heavy atom. The van der Waals surface area contributed by atoms with Crippen LogP contribution in [0.5, 0.6) is 0 Å². The van der Waals surface area contributed by atoms with Crippen LogP contribution in [0.15, 0.2) is 53.1 Å². The molecule has 7 nitrogen and oxygen atoms in total. The summed E-state index contributed by atoms with van der Waals surface area (Å²) in [5.41, 5.74) is 2.12. The number of carbonyl (C=O) groups excluding carboxylic acids is 2. The molecule has 3 rings (SSSR count). The van der Waals surface area contributed by atoms with Crippen molar-refractivity contribution in [3.05, 3.63) is 76.9 Å². The van der Waals surface area contributed by atoms with Gasteiger partial charge in [-0.1, -0.05) is 35.5 Å². The molecule has 0 unspecified atom stereocenters.